The van der Waals surface area contributed by atoms with Gasteiger partial charge < -0.3 is 0 Å². The molecule has 110 valence electrons. The molecule has 4 aliphatic rings. The van der Waals surface area contributed by atoms with E-state index >= 15 is 0 Å². The van der Waals surface area contributed by atoms with Crippen molar-refractivity contribution in [2.75, 3.05) is 0 Å². The fourth-order valence-electron chi connectivity index (χ4n) is 5.84. The second-order valence-corrected chi connectivity index (χ2v) is 7.53. The molecule has 2 fully saturated rings. The van der Waals surface area contributed by atoms with Crippen molar-refractivity contribution in [3.8, 4) is 12.3 Å². The lowest BCUT2D eigenvalue weighted by atomic mass is 9.56. The van der Waals surface area contributed by atoms with E-state index in [0.29, 0.717) is 11.2 Å². The molecule has 0 aromatic rings. The Bertz CT molecular complexity index is 585. The molecule has 0 aromatic heterocycles. The summed E-state index contributed by atoms with van der Waals surface area (Å²) in [6.45, 7) is 0. The zero-order valence-corrected chi connectivity index (χ0v) is 12.8. The number of fused-ring (bicyclic) bond motifs is 4. The Morgan fingerprint density at radius 3 is 2.95 bits per heavy atom. The van der Waals surface area contributed by atoms with Crippen LogP contribution in [0.3, 0.4) is 0 Å². The predicted octanol–water partition coefficient (Wildman–Crippen LogP) is 4.59. The number of allylic oxidation sites excluding steroid dienone is 4. The maximum atomic E-state index is 11.7. The molecule has 4 rings (SSSR count). The summed E-state index contributed by atoms with van der Waals surface area (Å²) >= 11 is 0. The molecule has 0 aromatic carbocycles. The Morgan fingerprint density at radius 1 is 1.19 bits per heavy atom. The quantitative estimate of drug-likeness (QED) is 0.642. The van der Waals surface area contributed by atoms with E-state index in [-0.39, 0.29) is 0 Å². The molecular weight excluding hydrogens is 256 g/mol. The van der Waals surface area contributed by atoms with Gasteiger partial charge in [-0.2, -0.15) is 0 Å². The van der Waals surface area contributed by atoms with E-state index in [9.17, 15) is 4.79 Å². The highest BCUT2D eigenvalue weighted by Crippen LogP contribution is 2.61. The molecule has 0 amide bonds. The SMILES string of the molecule is C#CC[C@@]12CCC[C@H]1[C@@H]1CCC3=CC(=O)CCC3=C1CC2. The van der Waals surface area contributed by atoms with Crippen LogP contribution in [0, 0.1) is 29.6 Å². The molecule has 1 heteroatoms. The Hall–Kier alpha value is -1.29. The predicted molar refractivity (Wildman–Crippen MR) is 84.5 cm³/mol. The van der Waals surface area contributed by atoms with Crippen LogP contribution in [-0.4, -0.2) is 5.78 Å². The van der Waals surface area contributed by atoms with Gasteiger partial charge in [0.1, 0.15) is 0 Å². The molecule has 21 heavy (non-hydrogen) atoms. The fraction of sp³-hybridized carbons (Fsp3) is 0.650. The van der Waals surface area contributed by atoms with Gasteiger partial charge in [0, 0.05) is 12.8 Å². The number of carbonyl (C=O) groups excluding carboxylic acids is 1. The van der Waals surface area contributed by atoms with Crippen LogP contribution in [0.5, 0.6) is 0 Å². The minimum Gasteiger partial charge on any atom is -0.295 e. The van der Waals surface area contributed by atoms with Crippen LogP contribution in [-0.2, 0) is 4.79 Å². The third kappa shape index (κ3) is 1.95. The van der Waals surface area contributed by atoms with Gasteiger partial charge in [-0.15, -0.1) is 12.3 Å². The van der Waals surface area contributed by atoms with E-state index in [4.69, 9.17) is 6.42 Å². The maximum absolute atomic E-state index is 11.7. The largest absolute Gasteiger partial charge is 0.295 e. The van der Waals surface area contributed by atoms with Crippen molar-refractivity contribution in [1.29, 1.82) is 0 Å². The van der Waals surface area contributed by atoms with E-state index in [1.54, 1.807) is 11.1 Å². The van der Waals surface area contributed by atoms with Gasteiger partial charge in [0.2, 0.25) is 0 Å². The highest BCUT2D eigenvalue weighted by atomic mass is 16.1. The number of carbonyl (C=O) groups is 1. The number of rotatable bonds is 1. The van der Waals surface area contributed by atoms with Crippen LogP contribution in [0.4, 0.5) is 0 Å². The van der Waals surface area contributed by atoms with E-state index in [0.717, 1.165) is 37.5 Å². The molecule has 0 unspecified atom stereocenters. The van der Waals surface area contributed by atoms with Gasteiger partial charge in [0.25, 0.3) is 0 Å². The second-order valence-electron chi connectivity index (χ2n) is 7.53. The topological polar surface area (TPSA) is 17.1 Å². The zero-order chi connectivity index (χ0) is 14.4. The van der Waals surface area contributed by atoms with E-state index in [2.05, 4.69) is 5.92 Å². The van der Waals surface area contributed by atoms with Gasteiger partial charge in [-0.1, -0.05) is 12.0 Å². The summed E-state index contributed by atoms with van der Waals surface area (Å²) in [6.07, 6.45) is 19.4. The number of ketones is 1. The summed E-state index contributed by atoms with van der Waals surface area (Å²) in [7, 11) is 0. The number of terminal acetylenes is 1. The molecule has 1 nitrogen and oxygen atoms in total. The minimum absolute atomic E-state index is 0.339. The molecule has 0 aliphatic heterocycles. The van der Waals surface area contributed by atoms with Gasteiger partial charge in [0.15, 0.2) is 5.78 Å². The summed E-state index contributed by atoms with van der Waals surface area (Å²) in [6, 6.07) is 0. The molecule has 0 spiro atoms. The van der Waals surface area contributed by atoms with Crippen molar-refractivity contribution in [3.05, 3.63) is 22.8 Å². The third-order valence-corrected chi connectivity index (χ3v) is 6.71. The van der Waals surface area contributed by atoms with Crippen molar-refractivity contribution in [1.82, 2.24) is 0 Å². The molecule has 0 bridgehead atoms. The molecule has 0 heterocycles. The molecule has 3 atom stereocenters. The summed E-state index contributed by atoms with van der Waals surface area (Å²) in [5, 5.41) is 0. The van der Waals surface area contributed by atoms with Gasteiger partial charge in [-0.05, 0) is 79.4 Å². The van der Waals surface area contributed by atoms with Crippen molar-refractivity contribution in [2.24, 2.45) is 17.3 Å². The molecule has 2 saturated carbocycles. The highest BCUT2D eigenvalue weighted by Gasteiger charge is 2.50. The molecule has 0 N–H and O–H groups in total. The Morgan fingerprint density at radius 2 is 2.10 bits per heavy atom. The fourth-order valence-corrected chi connectivity index (χ4v) is 5.84. The van der Waals surface area contributed by atoms with Crippen LogP contribution < -0.4 is 0 Å². The average Bonchev–Trinajstić information content (AvgIpc) is 2.90. The van der Waals surface area contributed by atoms with Crippen molar-refractivity contribution < 1.29 is 4.79 Å². The monoisotopic (exact) mass is 280 g/mol. The number of hydrogen-bond acceptors (Lipinski definition) is 1. The molecule has 0 radical (unpaired) electrons. The van der Waals surface area contributed by atoms with Gasteiger partial charge >= 0.3 is 0 Å². The van der Waals surface area contributed by atoms with E-state index in [1.165, 1.54) is 44.1 Å². The lowest BCUT2D eigenvalue weighted by molar-refractivity contribution is -0.114. The van der Waals surface area contributed by atoms with E-state index in [1.807, 2.05) is 6.08 Å². The highest BCUT2D eigenvalue weighted by molar-refractivity contribution is 5.93. The van der Waals surface area contributed by atoms with Gasteiger partial charge in [0.05, 0.1) is 0 Å². The Labute approximate surface area is 127 Å². The standard InChI is InChI=1S/C20H24O/c1-2-10-20-11-3-4-19(20)18-7-5-14-13-15(21)6-8-16(14)17(18)9-12-20/h1,13,18-19H,3-12H2/t18-,19+,20+/m1/s1. The van der Waals surface area contributed by atoms with Crippen LogP contribution in [0.1, 0.15) is 64.2 Å². The maximum Gasteiger partial charge on any atom is 0.156 e. The lowest BCUT2D eigenvalue weighted by Crippen LogP contribution is -2.38. The van der Waals surface area contributed by atoms with Crippen LogP contribution in [0.2, 0.25) is 0 Å². The lowest BCUT2D eigenvalue weighted by Gasteiger charge is -2.48. The average molecular weight is 280 g/mol. The van der Waals surface area contributed by atoms with Gasteiger partial charge in [-0.3, -0.25) is 4.79 Å². The summed E-state index contributed by atoms with van der Waals surface area (Å²) in [5.74, 6) is 4.92. The molecular formula is C20H24O. The number of hydrogen-bond donors (Lipinski definition) is 0. The first-order valence-electron chi connectivity index (χ1n) is 8.63. The van der Waals surface area contributed by atoms with E-state index < -0.39 is 0 Å². The second kappa shape index (κ2) is 4.87. The van der Waals surface area contributed by atoms with Crippen molar-refractivity contribution in [3.63, 3.8) is 0 Å². The van der Waals surface area contributed by atoms with Crippen LogP contribution >= 0.6 is 0 Å². The van der Waals surface area contributed by atoms with Gasteiger partial charge in [-0.25, -0.2) is 0 Å². The van der Waals surface area contributed by atoms with Crippen LogP contribution in [0.25, 0.3) is 0 Å². The normalized spacial score (nSPS) is 38.2. The Kier molecular flexibility index (Phi) is 3.10. The Balaban J connectivity index is 1.72. The summed E-state index contributed by atoms with van der Waals surface area (Å²) in [5.41, 5.74) is 5.13. The van der Waals surface area contributed by atoms with Crippen molar-refractivity contribution >= 4 is 5.78 Å². The zero-order valence-electron chi connectivity index (χ0n) is 12.8. The molecule has 4 aliphatic carbocycles. The molecule has 0 saturated heterocycles. The third-order valence-electron chi connectivity index (χ3n) is 6.71. The smallest absolute Gasteiger partial charge is 0.156 e. The first kappa shape index (κ1) is 13.4. The van der Waals surface area contributed by atoms with Crippen LogP contribution in [0.15, 0.2) is 22.8 Å². The van der Waals surface area contributed by atoms with Crippen molar-refractivity contribution in [2.45, 2.75) is 64.2 Å². The first-order chi connectivity index (χ1) is 10.2. The summed E-state index contributed by atoms with van der Waals surface area (Å²) in [4.78, 5) is 11.7. The first-order valence-corrected chi connectivity index (χ1v) is 8.63. The minimum atomic E-state index is 0.339. The summed E-state index contributed by atoms with van der Waals surface area (Å²) < 4.78 is 0.